The summed E-state index contributed by atoms with van der Waals surface area (Å²) in [5.41, 5.74) is 3.34. The predicted octanol–water partition coefficient (Wildman–Crippen LogP) is 2.53. The number of amides is 1. The minimum atomic E-state index is 0.0947. The van der Waals surface area contributed by atoms with Gasteiger partial charge < -0.3 is 15.5 Å². The maximum Gasteiger partial charge on any atom is 0.224 e. The molecule has 1 aromatic rings. The molecule has 0 saturated carbocycles. The predicted molar refractivity (Wildman–Crippen MR) is 84.4 cm³/mol. The Balaban J connectivity index is 1.93. The molecule has 0 aliphatic carbocycles. The molecule has 0 atom stereocenters. The molecule has 1 fully saturated rings. The lowest BCUT2D eigenvalue weighted by Crippen LogP contribution is -2.18. The molecule has 2 N–H and O–H groups in total. The van der Waals surface area contributed by atoms with Gasteiger partial charge in [0.1, 0.15) is 0 Å². The van der Waals surface area contributed by atoms with Gasteiger partial charge >= 0.3 is 0 Å². The second-order valence-corrected chi connectivity index (χ2v) is 5.45. The molecule has 1 heterocycles. The number of hydrogen-bond acceptors (Lipinski definition) is 3. The molecule has 4 heteroatoms. The molecule has 0 radical (unpaired) electrons. The van der Waals surface area contributed by atoms with Crippen LogP contribution < -0.4 is 15.5 Å². The maximum atomic E-state index is 11.8. The molecule has 110 valence electrons. The van der Waals surface area contributed by atoms with E-state index >= 15 is 0 Å². The molecular weight excluding hydrogens is 250 g/mol. The van der Waals surface area contributed by atoms with Crippen molar-refractivity contribution >= 4 is 17.3 Å². The van der Waals surface area contributed by atoms with Crippen LogP contribution in [0.15, 0.2) is 18.2 Å². The molecular formula is C16H25N3O. The first-order valence-corrected chi connectivity index (χ1v) is 7.51. The van der Waals surface area contributed by atoms with Gasteiger partial charge in [-0.2, -0.15) is 0 Å². The highest BCUT2D eigenvalue weighted by molar-refractivity contribution is 5.91. The van der Waals surface area contributed by atoms with Crippen LogP contribution in [-0.2, 0) is 4.79 Å². The fourth-order valence-electron chi connectivity index (χ4n) is 2.60. The fourth-order valence-corrected chi connectivity index (χ4v) is 2.60. The first kappa shape index (κ1) is 14.9. The van der Waals surface area contributed by atoms with Gasteiger partial charge in [0.05, 0.1) is 0 Å². The van der Waals surface area contributed by atoms with Gasteiger partial charge in [-0.15, -0.1) is 0 Å². The van der Waals surface area contributed by atoms with Gasteiger partial charge in [-0.3, -0.25) is 4.79 Å². The number of benzene rings is 1. The number of nitrogens with zero attached hydrogens (tertiary/aromatic N) is 1. The first-order chi connectivity index (χ1) is 9.70. The summed E-state index contributed by atoms with van der Waals surface area (Å²) in [5, 5.41) is 6.05. The van der Waals surface area contributed by atoms with Crippen LogP contribution in [0.3, 0.4) is 0 Å². The maximum absolute atomic E-state index is 11.8. The Bertz CT molecular complexity index is 453. The highest BCUT2D eigenvalue weighted by Gasteiger charge is 2.13. The monoisotopic (exact) mass is 275 g/mol. The highest BCUT2D eigenvalue weighted by atomic mass is 16.1. The van der Waals surface area contributed by atoms with Gasteiger partial charge in [0, 0.05) is 30.9 Å². The van der Waals surface area contributed by atoms with Crippen molar-refractivity contribution in [1.82, 2.24) is 5.32 Å². The number of nitrogens with one attached hydrogen (secondary N) is 2. The van der Waals surface area contributed by atoms with Gasteiger partial charge in [0.15, 0.2) is 0 Å². The van der Waals surface area contributed by atoms with E-state index in [-0.39, 0.29) is 5.91 Å². The van der Waals surface area contributed by atoms with E-state index in [1.165, 1.54) is 18.5 Å². The molecule has 4 nitrogen and oxygen atoms in total. The number of aryl methyl sites for hydroxylation is 1. The molecule has 20 heavy (non-hydrogen) atoms. The number of rotatable bonds is 6. The number of carbonyl (C=O) groups excluding carboxylic acids is 1. The topological polar surface area (TPSA) is 44.4 Å². The van der Waals surface area contributed by atoms with Crippen LogP contribution in [0.25, 0.3) is 0 Å². The van der Waals surface area contributed by atoms with Crippen LogP contribution in [0, 0.1) is 6.92 Å². The van der Waals surface area contributed by atoms with Crippen molar-refractivity contribution < 1.29 is 4.79 Å². The third-order valence-electron chi connectivity index (χ3n) is 3.79. The van der Waals surface area contributed by atoms with Crippen molar-refractivity contribution in [3.8, 4) is 0 Å². The lowest BCUT2D eigenvalue weighted by molar-refractivity contribution is -0.116. The zero-order chi connectivity index (χ0) is 14.4. The van der Waals surface area contributed by atoms with Crippen LogP contribution in [0.2, 0.25) is 0 Å². The minimum Gasteiger partial charge on any atom is -0.372 e. The van der Waals surface area contributed by atoms with Crippen molar-refractivity contribution in [1.29, 1.82) is 0 Å². The summed E-state index contributed by atoms with van der Waals surface area (Å²) in [6.07, 6.45) is 3.99. The quantitative estimate of drug-likeness (QED) is 0.784. The summed E-state index contributed by atoms with van der Waals surface area (Å²) >= 11 is 0. The Morgan fingerprint density at radius 2 is 2.05 bits per heavy atom. The van der Waals surface area contributed by atoms with Gasteiger partial charge in [-0.05, 0) is 63.5 Å². The molecule has 0 bridgehead atoms. The molecule has 0 unspecified atom stereocenters. The molecule has 1 saturated heterocycles. The average molecular weight is 275 g/mol. The highest BCUT2D eigenvalue weighted by Crippen LogP contribution is 2.25. The molecule has 1 amide bonds. The molecule has 1 aliphatic heterocycles. The lowest BCUT2D eigenvalue weighted by atomic mass is 10.1. The molecule has 1 aliphatic rings. The van der Waals surface area contributed by atoms with Crippen LogP contribution in [0.5, 0.6) is 0 Å². The van der Waals surface area contributed by atoms with Crippen LogP contribution in [0.4, 0.5) is 11.4 Å². The summed E-state index contributed by atoms with van der Waals surface area (Å²) in [7, 11) is 1.90. The van der Waals surface area contributed by atoms with E-state index in [1.807, 2.05) is 13.1 Å². The van der Waals surface area contributed by atoms with Crippen molar-refractivity contribution in [3.63, 3.8) is 0 Å². The summed E-state index contributed by atoms with van der Waals surface area (Å²) < 4.78 is 0. The van der Waals surface area contributed by atoms with E-state index < -0.39 is 0 Å². The SMILES string of the molecule is CNCCCC(=O)Nc1ccc(N2CCCC2)cc1C. The van der Waals surface area contributed by atoms with Gasteiger partial charge in [0.25, 0.3) is 0 Å². The van der Waals surface area contributed by atoms with E-state index in [0.717, 1.165) is 37.3 Å². The van der Waals surface area contributed by atoms with Crippen LogP contribution >= 0.6 is 0 Å². The van der Waals surface area contributed by atoms with Gasteiger partial charge in [-0.1, -0.05) is 0 Å². The third kappa shape index (κ3) is 3.97. The van der Waals surface area contributed by atoms with Crippen molar-refractivity contribution in [2.75, 3.05) is 36.9 Å². The second-order valence-electron chi connectivity index (χ2n) is 5.45. The summed E-state index contributed by atoms with van der Waals surface area (Å²) in [5.74, 6) is 0.0947. The van der Waals surface area contributed by atoms with Gasteiger partial charge in [0.2, 0.25) is 5.91 Å². The van der Waals surface area contributed by atoms with E-state index in [0.29, 0.717) is 6.42 Å². The first-order valence-electron chi connectivity index (χ1n) is 7.51. The second kappa shape index (κ2) is 7.29. The Morgan fingerprint density at radius 1 is 1.30 bits per heavy atom. The Kier molecular flexibility index (Phi) is 5.41. The lowest BCUT2D eigenvalue weighted by Gasteiger charge is -2.19. The van der Waals surface area contributed by atoms with E-state index in [2.05, 4.69) is 34.6 Å². The third-order valence-corrected chi connectivity index (χ3v) is 3.79. The molecule has 2 rings (SSSR count). The van der Waals surface area contributed by atoms with Crippen LogP contribution in [-0.4, -0.2) is 32.6 Å². The Morgan fingerprint density at radius 3 is 2.70 bits per heavy atom. The Labute approximate surface area is 121 Å². The fraction of sp³-hybridized carbons (Fsp3) is 0.562. The van der Waals surface area contributed by atoms with E-state index in [9.17, 15) is 4.79 Å². The van der Waals surface area contributed by atoms with Crippen molar-refractivity contribution in [2.24, 2.45) is 0 Å². The summed E-state index contributed by atoms with van der Waals surface area (Å²) in [6, 6.07) is 6.31. The Hall–Kier alpha value is -1.55. The smallest absolute Gasteiger partial charge is 0.224 e. The minimum absolute atomic E-state index is 0.0947. The zero-order valence-corrected chi connectivity index (χ0v) is 12.5. The average Bonchev–Trinajstić information content (AvgIpc) is 2.95. The summed E-state index contributed by atoms with van der Waals surface area (Å²) in [6.45, 7) is 5.23. The zero-order valence-electron chi connectivity index (χ0n) is 12.5. The molecule has 0 spiro atoms. The number of hydrogen-bond donors (Lipinski definition) is 2. The standard InChI is InChI=1S/C16H25N3O/c1-13-12-14(19-10-3-4-11-19)7-8-15(13)18-16(20)6-5-9-17-2/h7-8,12,17H,3-6,9-11H2,1-2H3,(H,18,20). The van der Waals surface area contributed by atoms with Crippen molar-refractivity contribution in [3.05, 3.63) is 23.8 Å². The van der Waals surface area contributed by atoms with E-state index in [4.69, 9.17) is 0 Å². The molecule has 1 aromatic carbocycles. The van der Waals surface area contributed by atoms with Crippen molar-refractivity contribution in [2.45, 2.75) is 32.6 Å². The number of carbonyl (C=O) groups is 1. The normalized spacial score (nSPS) is 14.6. The van der Waals surface area contributed by atoms with Gasteiger partial charge in [-0.25, -0.2) is 0 Å². The summed E-state index contributed by atoms with van der Waals surface area (Å²) in [4.78, 5) is 14.2. The number of anilines is 2. The molecule has 0 aromatic heterocycles. The largest absolute Gasteiger partial charge is 0.372 e. The van der Waals surface area contributed by atoms with E-state index in [1.54, 1.807) is 0 Å². The van der Waals surface area contributed by atoms with Crippen LogP contribution in [0.1, 0.15) is 31.2 Å².